The Hall–Kier alpha value is -2.29. The molecule has 1 atom stereocenters. The standard InChI is InChI=1S/C18H21NO2/c1-4-21-18(20)17(19-15-11-6-5-7-12-15)16-13(2)9-8-10-14(16)3/h5-12,17,19H,4H2,1-3H3. The lowest BCUT2D eigenvalue weighted by atomic mass is 9.96. The highest BCUT2D eigenvalue weighted by Crippen LogP contribution is 2.26. The van der Waals surface area contributed by atoms with Crippen molar-refractivity contribution in [3.63, 3.8) is 0 Å². The van der Waals surface area contributed by atoms with Gasteiger partial charge in [0.05, 0.1) is 6.61 Å². The van der Waals surface area contributed by atoms with Crippen molar-refractivity contribution in [3.05, 3.63) is 65.2 Å². The minimum absolute atomic E-state index is 0.251. The molecule has 110 valence electrons. The largest absolute Gasteiger partial charge is 0.464 e. The molecule has 0 saturated heterocycles. The summed E-state index contributed by atoms with van der Waals surface area (Å²) >= 11 is 0. The number of carbonyl (C=O) groups excluding carboxylic acids is 1. The molecule has 0 fully saturated rings. The first-order chi connectivity index (χ1) is 10.1. The Morgan fingerprint density at radius 1 is 1.05 bits per heavy atom. The maximum absolute atomic E-state index is 12.4. The normalized spacial score (nSPS) is 11.8. The molecular formula is C18H21NO2. The van der Waals surface area contributed by atoms with E-state index in [0.29, 0.717) is 6.61 Å². The number of hydrogen-bond acceptors (Lipinski definition) is 3. The van der Waals surface area contributed by atoms with Gasteiger partial charge in [0.1, 0.15) is 0 Å². The number of esters is 1. The van der Waals surface area contributed by atoms with Crippen LogP contribution in [0.3, 0.4) is 0 Å². The summed E-state index contributed by atoms with van der Waals surface area (Å²) in [5, 5.41) is 3.29. The molecule has 0 aliphatic heterocycles. The van der Waals surface area contributed by atoms with Crippen LogP contribution in [0, 0.1) is 13.8 Å². The third kappa shape index (κ3) is 3.63. The van der Waals surface area contributed by atoms with E-state index in [0.717, 1.165) is 22.4 Å². The van der Waals surface area contributed by atoms with Gasteiger partial charge in [-0.1, -0.05) is 36.4 Å². The minimum atomic E-state index is -0.492. The van der Waals surface area contributed by atoms with Crippen LogP contribution < -0.4 is 5.32 Å². The smallest absolute Gasteiger partial charge is 0.333 e. The summed E-state index contributed by atoms with van der Waals surface area (Å²) in [6, 6.07) is 15.3. The Balaban J connectivity index is 2.39. The number of ether oxygens (including phenoxy) is 1. The van der Waals surface area contributed by atoms with Gasteiger partial charge in [0, 0.05) is 5.69 Å². The van der Waals surface area contributed by atoms with Crippen molar-refractivity contribution in [2.45, 2.75) is 26.8 Å². The highest BCUT2D eigenvalue weighted by Gasteiger charge is 2.25. The second-order valence-corrected chi connectivity index (χ2v) is 5.00. The van der Waals surface area contributed by atoms with Crippen LogP contribution in [0.4, 0.5) is 5.69 Å². The van der Waals surface area contributed by atoms with Gasteiger partial charge >= 0.3 is 5.97 Å². The van der Waals surface area contributed by atoms with Gasteiger partial charge in [0.2, 0.25) is 0 Å². The van der Waals surface area contributed by atoms with Crippen molar-refractivity contribution in [2.24, 2.45) is 0 Å². The van der Waals surface area contributed by atoms with Gasteiger partial charge in [-0.15, -0.1) is 0 Å². The van der Waals surface area contributed by atoms with Crippen molar-refractivity contribution in [2.75, 3.05) is 11.9 Å². The Bertz CT molecular complexity index is 588. The number of rotatable bonds is 5. The fourth-order valence-corrected chi connectivity index (χ4v) is 2.46. The third-order valence-electron chi connectivity index (χ3n) is 3.44. The number of nitrogens with one attached hydrogen (secondary N) is 1. The fraction of sp³-hybridized carbons (Fsp3) is 0.278. The Kier molecular flexibility index (Phi) is 4.99. The molecule has 0 aromatic heterocycles. The molecule has 0 amide bonds. The SMILES string of the molecule is CCOC(=O)C(Nc1ccccc1)c1c(C)cccc1C. The first-order valence-electron chi connectivity index (χ1n) is 7.17. The van der Waals surface area contributed by atoms with Crippen LogP contribution >= 0.6 is 0 Å². The summed E-state index contributed by atoms with van der Waals surface area (Å²) in [7, 11) is 0. The second kappa shape index (κ2) is 6.93. The van der Waals surface area contributed by atoms with Crippen molar-refractivity contribution < 1.29 is 9.53 Å². The molecule has 0 radical (unpaired) electrons. The van der Waals surface area contributed by atoms with E-state index in [1.807, 2.05) is 69.3 Å². The molecule has 0 saturated carbocycles. The quantitative estimate of drug-likeness (QED) is 0.842. The van der Waals surface area contributed by atoms with Crippen molar-refractivity contribution in [1.82, 2.24) is 0 Å². The Morgan fingerprint density at radius 2 is 1.67 bits per heavy atom. The first-order valence-corrected chi connectivity index (χ1v) is 7.17. The van der Waals surface area contributed by atoms with Gasteiger partial charge < -0.3 is 10.1 Å². The van der Waals surface area contributed by atoms with Crippen LogP contribution in [0.25, 0.3) is 0 Å². The minimum Gasteiger partial charge on any atom is -0.464 e. The van der Waals surface area contributed by atoms with Gasteiger partial charge in [-0.3, -0.25) is 0 Å². The molecule has 21 heavy (non-hydrogen) atoms. The highest BCUT2D eigenvalue weighted by atomic mass is 16.5. The molecule has 1 N–H and O–H groups in total. The van der Waals surface area contributed by atoms with Crippen LogP contribution in [-0.4, -0.2) is 12.6 Å². The molecule has 0 aliphatic carbocycles. The van der Waals surface area contributed by atoms with Gasteiger partial charge in [0.25, 0.3) is 0 Å². The monoisotopic (exact) mass is 283 g/mol. The van der Waals surface area contributed by atoms with E-state index in [4.69, 9.17) is 4.74 Å². The van der Waals surface area contributed by atoms with Gasteiger partial charge in [-0.05, 0) is 49.6 Å². The average Bonchev–Trinajstić information content (AvgIpc) is 2.47. The number of hydrogen-bond donors (Lipinski definition) is 1. The molecule has 3 nitrogen and oxygen atoms in total. The van der Waals surface area contributed by atoms with E-state index in [-0.39, 0.29) is 5.97 Å². The second-order valence-electron chi connectivity index (χ2n) is 5.00. The van der Waals surface area contributed by atoms with Crippen molar-refractivity contribution >= 4 is 11.7 Å². The fourth-order valence-electron chi connectivity index (χ4n) is 2.46. The number of aryl methyl sites for hydroxylation is 2. The zero-order chi connectivity index (χ0) is 15.2. The maximum atomic E-state index is 12.4. The summed E-state index contributed by atoms with van der Waals surface area (Å²) in [5.41, 5.74) is 4.05. The topological polar surface area (TPSA) is 38.3 Å². The lowest BCUT2D eigenvalue weighted by Gasteiger charge is -2.22. The number of carbonyl (C=O) groups is 1. The van der Waals surface area contributed by atoms with Crippen LogP contribution in [-0.2, 0) is 9.53 Å². The summed E-state index contributed by atoms with van der Waals surface area (Å²) in [6.45, 7) is 6.22. The number of para-hydroxylation sites is 1. The summed E-state index contributed by atoms with van der Waals surface area (Å²) in [5.74, 6) is -0.251. The summed E-state index contributed by atoms with van der Waals surface area (Å²) in [6.07, 6.45) is 0. The molecule has 0 aliphatic rings. The average molecular weight is 283 g/mol. The number of anilines is 1. The van der Waals surface area contributed by atoms with Crippen LogP contribution in [0.1, 0.15) is 29.7 Å². The molecule has 0 heterocycles. The Morgan fingerprint density at radius 3 is 2.24 bits per heavy atom. The van der Waals surface area contributed by atoms with Crippen molar-refractivity contribution in [1.29, 1.82) is 0 Å². The maximum Gasteiger partial charge on any atom is 0.333 e. The lowest BCUT2D eigenvalue weighted by molar-refractivity contribution is -0.144. The molecule has 2 aromatic carbocycles. The predicted molar refractivity (Wildman–Crippen MR) is 85.4 cm³/mol. The molecule has 3 heteroatoms. The third-order valence-corrected chi connectivity index (χ3v) is 3.44. The van der Waals surface area contributed by atoms with E-state index in [1.165, 1.54) is 0 Å². The molecule has 1 unspecified atom stereocenters. The van der Waals surface area contributed by atoms with Gasteiger partial charge in [-0.2, -0.15) is 0 Å². The molecule has 0 spiro atoms. The van der Waals surface area contributed by atoms with Crippen LogP contribution in [0.2, 0.25) is 0 Å². The summed E-state index contributed by atoms with van der Waals surface area (Å²) < 4.78 is 5.24. The van der Waals surface area contributed by atoms with E-state index >= 15 is 0 Å². The molecule has 2 aromatic rings. The number of benzene rings is 2. The van der Waals surface area contributed by atoms with Gasteiger partial charge in [-0.25, -0.2) is 4.79 Å². The lowest BCUT2D eigenvalue weighted by Crippen LogP contribution is -2.25. The van der Waals surface area contributed by atoms with Gasteiger partial charge in [0.15, 0.2) is 6.04 Å². The Labute approximate surface area is 126 Å². The van der Waals surface area contributed by atoms with E-state index in [1.54, 1.807) is 0 Å². The zero-order valence-corrected chi connectivity index (χ0v) is 12.7. The van der Waals surface area contributed by atoms with E-state index < -0.39 is 6.04 Å². The molecule has 0 bridgehead atoms. The predicted octanol–water partition coefficient (Wildman–Crippen LogP) is 4.02. The first kappa shape index (κ1) is 15.1. The van der Waals surface area contributed by atoms with E-state index in [9.17, 15) is 4.79 Å². The van der Waals surface area contributed by atoms with Crippen LogP contribution in [0.15, 0.2) is 48.5 Å². The molecular weight excluding hydrogens is 262 g/mol. The highest BCUT2D eigenvalue weighted by molar-refractivity contribution is 5.82. The summed E-state index contributed by atoms with van der Waals surface area (Å²) in [4.78, 5) is 12.4. The van der Waals surface area contributed by atoms with Crippen LogP contribution in [0.5, 0.6) is 0 Å². The van der Waals surface area contributed by atoms with E-state index in [2.05, 4.69) is 5.32 Å². The molecule has 2 rings (SSSR count). The zero-order valence-electron chi connectivity index (χ0n) is 12.7. The van der Waals surface area contributed by atoms with Crippen molar-refractivity contribution in [3.8, 4) is 0 Å².